The zero-order chi connectivity index (χ0) is 21.6. The van der Waals surface area contributed by atoms with Crippen LogP contribution in [-0.4, -0.2) is 11.9 Å². The van der Waals surface area contributed by atoms with Gasteiger partial charge in [-0.25, -0.2) is 0 Å². The third kappa shape index (κ3) is 7.71. The summed E-state index contributed by atoms with van der Waals surface area (Å²) in [7, 11) is 0. The minimum absolute atomic E-state index is 0.0282. The number of benzene rings is 2. The van der Waals surface area contributed by atoms with Gasteiger partial charge in [-0.15, -0.1) is 0 Å². The van der Waals surface area contributed by atoms with E-state index in [0.29, 0.717) is 41.3 Å². The van der Waals surface area contributed by atoms with Crippen molar-refractivity contribution in [1.29, 1.82) is 0 Å². The molecule has 0 aromatic heterocycles. The Labute approximate surface area is 197 Å². The molecule has 0 N–H and O–H groups in total. The number of ether oxygens (including phenoxy) is 2. The molecule has 0 aliphatic heterocycles. The molecular weight excluding hydrogens is 505 g/mol. The van der Waals surface area contributed by atoms with Crippen LogP contribution in [0.4, 0.5) is 0 Å². The molecule has 0 aliphatic carbocycles. The molecule has 2 aromatic rings. The van der Waals surface area contributed by atoms with E-state index < -0.39 is 11.9 Å². The van der Waals surface area contributed by atoms with Gasteiger partial charge in [0.05, 0.1) is 20.1 Å². The smallest absolute Gasteiger partial charge is 0.306 e. The summed E-state index contributed by atoms with van der Waals surface area (Å²) in [5.74, 6) is -0.993. The average molecular weight is 519 g/mol. The lowest BCUT2D eigenvalue weighted by atomic mass is 10.2. The summed E-state index contributed by atoms with van der Waals surface area (Å²) in [6, 6.07) is 6.03. The molecule has 29 heavy (non-hydrogen) atoms. The molecule has 0 aliphatic rings. The van der Waals surface area contributed by atoms with Crippen molar-refractivity contribution in [3.05, 3.63) is 65.5 Å². The number of hydrogen-bond acceptors (Lipinski definition) is 4. The van der Waals surface area contributed by atoms with Crippen LogP contribution in [0.15, 0.2) is 24.3 Å². The van der Waals surface area contributed by atoms with Crippen LogP contribution in [0.25, 0.3) is 0 Å². The maximum Gasteiger partial charge on any atom is 0.306 e. The molecule has 10 heteroatoms. The van der Waals surface area contributed by atoms with E-state index in [2.05, 4.69) is 0 Å². The normalized spacial score (nSPS) is 10.7. The summed E-state index contributed by atoms with van der Waals surface area (Å²) in [5, 5.41) is 1.98. The largest absolute Gasteiger partial charge is 0.461 e. The van der Waals surface area contributed by atoms with Crippen molar-refractivity contribution in [3.8, 4) is 0 Å². The van der Waals surface area contributed by atoms with Gasteiger partial charge in [0.25, 0.3) is 0 Å². The minimum Gasteiger partial charge on any atom is -0.461 e. The summed E-state index contributed by atoms with van der Waals surface area (Å²) >= 11 is 35.8. The molecule has 156 valence electrons. The van der Waals surface area contributed by atoms with Gasteiger partial charge in [-0.2, -0.15) is 0 Å². The lowest BCUT2D eigenvalue weighted by molar-refractivity contribution is -0.146. The molecule has 0 amide bonds. The molecule has 4 nitrogen and oxygen atoms in total. The number of halogens is 6. The van der Waals surface area contributed by atoms with E-state index in [4.69, 9.17) is 79.1 Å². The van der Waals surface area contributed by atoms with Crippen molar-refractivity contribution < 1.29 is 19.1 Å². The van der Waals surface area contributed by atoms with Crippen LogP contribution in [-0.2, 0) is 32.3 Å². The predicted octanol–water partition coefficient (Wildman–Crippen LogP) is 7.56. The van der Waals surface area contributed by atoms with E-state index in [1.165, 1.54) is 24.3 Å². The van der Waals surface area contributed by atoms with E-state index in [-0.39, 0.29) is 32.5 Å². The number of carbonyl (C=O) groups excluding carboxylic acids is 2. The van der Waals surface area contributed by atoms with Gasteiger partial charge in [0, 0.05) is 34.0 Å². The number of esters is 2. The van der Waals surface area contributed by atoms with Crippen molar-refractivity contribution in [1.82, 2.24) is 0 Å². The standard InChI is InChI=1S/C19H14Cl6O4/c20-10-4-14(22)12(15(23)5-10)8-28-18(26)2-1-3-19(27)29-9-13-16(24)6-11(21)7-17(13)25/h4-7H,1-3,8-9H2. The summed E-state index contributed by atoms with van der Waals surface area (Å²) in [4.78, 5) is 23.7. The summed E-state index contributed by atoms with van der Waals surface area (Å²) in [6.45, 7) is -0.183. The fraction of sp³-hybridized carbons (Fsp3) is 0.263. The summed E-state index contributed by atoms with van der Waals surface area (Å²) < 4.78 is 10.3. The average Bonchev–Trinajstić information content (AvgIpc) is 2.59. The lowest BCUT2D eigenvalue weighted by Crippen LogP contribution is -2.09. The third-order valence-corrected chi connectivity index (χ3v) is 5.51. The zero-order valence-corrected chi connectivity index (χ0v) is 19.3. The minimum atomic E-state index is -0.497. The van der Waals surface area contributed by atoms with Gasteiger partial charge in [-0.1, -0.05) is 69.6 Å². The zero-order valence-electron chi connectivity index (χ0n) is 14.7. The Morgan fingerprint density at radius 2 is 0.931 bits per heavy atom. The Balaban J connectivity index is 1.73. The Hall–Kier alpha value is -0.880. The topological polar surface area (TPSA) is 52.6 Å². The Bertz CT molecular complexity index is 796. The lowest BCUT2D eigenvalue weighted by Gasteiger charge is -2.10. The second-order valence-corrected chi connectivity index (χ2v) is 8.37. The second kappa shape index (κ2) is 11.5. The first kappa shape index (κ1) is 24.4. The highest BCUT2D eigenvalue weighted by Crippen LogP contribution is 2.30. The molecule has 2 aromatic carbocycles. The molecule has 0 heterocycles. The summed E-state index contributed by atoms with van der Waals surface area (Å²) in [6.07, 6.45) is 0.308. The molecule has 0 saturated heterocycles. The van der Waals surface area contributed by atoms with Crippen LogP contribution < -0.4 is 0 Å². The van der Waals surface area contributed by atoms with Crippen molar-refractivity contribution in [2.45, 2.75) is 32.5 Å². The van der Waals surface area contributed by atoms with Crippen LogP contribution in [0.1, 0.15) is 30.4 Å². The van der Waals surface area contributed by atoms with Gasteiger partial charge in [0.2, 0.25) is 0 Å². The summed E-state index contributed by atoms with van der Waals surface area (Å²) in [5.41, 5.74) is 0.921. The number of hydrogen-bond donors (Lipinski definition) is 0. The Kier molecular flexibility index (Phi) is 9.67. The van der Waals surface area contributed by atoms with Crippen molar-refractivity contribution in [3.63, 3.8) is 0 Å². The first-order chi connectivity index (χ1) is 13.7. The van der Waals surface area contributed by atoms with E-state index in [0.717, 1.165) is 0 Å². The van der Waals surface area contributed by atoms with Crippen molar-refractivity contribution in [2.75, 3.05) is 0 Å². The fourth-order valence-corrected chi connectivity index (χ4v) is 4.10. The van der Waals surface area contributed by atoms with Gasteiger partial charge in [0.15, 0.2) is 0 Å². The van der Waals surface area contributed by atoms with E-state index in [1.54, 1.807) is 0 Å². The highest BCUT2D eigenvalue weighted by molar-refractivity contribution is 6.40. The monoisotopic (exact) mass is 516 g/mol. The molecule has 2 rings (SSSR count). The molecule has 0 unspecified atom stereocenters. The second-order valence-electron chi connectivity index (χ2n) is 5.87. The van der Waals surface area contributed by atoms with Crippen molar-refractivity contribution >= 4 is 81.5 Å². The van der Waals surface area contributed by atoms with E-state index in [9.17, 15) is 9.59 Å². The molecule has 0 saturated carbocycles. The molecule has 0 spiro atoms. The van der Waals surface area contributed by atoms with Gasteiger partial charge in [-0.3, -0.25) is 9.59 Å². The Morgan fingerprint density at radius 3 is 1.24 bits per heavy atom. The van der Waals surface area contributed by atoms with E-state index >= 15 is 0 Å². The first-order valence-corrected chi connectivity index (χ1v) is 10.5. The van der Waals surface area contributed by atoms with Crippen molar-refractivity contribution in [2.24, 2.45) is 0 Å². The van der Waals surface area contributed by atoms with Gasteiger partial charge >= 0.3 is 11.9 Å². The van der Waals surface area contributed by atoms with E-state index in [1.807, 2.05) is 0 Å². The maximum atomic E-state index is 11.9. The molecule has 0 bridgehead atoms. The number of carbonyl (C=O) groups is 2. The first-order valence-electron chi connectivity index (χ1n) is 8.25. The van der Waals surface area contributed by atoms with Gasteiger partial charge in [0.1, 0.15) is 13.2 Å². The quantitative estimate of drug-likeness (QED) is 0.338. The SMILES string of the molecule is O=C(CCCC(=O)OCc1c(Cl)cc(Cl)cc1Cl)OCc1c(Cl)cc(Cl)cc1Cl. The molecule has 0 fully saturated rings. The van der Waals surface area contributed by atoms with Gasteiger partial charge in [-0.05, 0) is 30.7 Å². The molecule has 0 atom stereocenters. The molecular formula is C19H14Cl6O4. The highest BCUT2D eigenvalue weighted by atomic mass is 35.5. The third-order valence-electron chi connectivity index (χ3n) is 3.73. The predicted molar refractivity (Wildman–Crippen MR) is 116 cm³/mol. The number of rotatable bonds is 8. The van der Waals surface area contributed by atoms with Crippen LogP contribution in [0.5, 0.6) is 0 Å². The molecule has 0 radical (unpaired) electrons. The van der Waals surface area contributed by atoms with Crippen LogP contribution in [0.3, 0.4) is 0 Å². The maximum absolute atomic E-state index is 11.9. The van der Waals surface area contributed by atoms with Gasteiger partial charge < -0.3 is 9.47 Å². The van der Waals surface area contributed by atoms with Crippen LogP contribution in [0.2, 0.25) is 30.1 Å². The van der Waals surface area contributed by atoms with Crippen LogP contribution >= 0.6 is 69.6 Å². The highest BCUT2D eigenvalue weighted by Gasteiger charge is 2.13. The Morgan fingerprint density at radius 1 is 0.621 bits per heavy atom. The van der Waals surface area contributed by atoms with Crippen LogP contribution in [0, 0.1) is 0 Å². The fourth-order valence-electron chi connectivity index (χ4n) is 2.25.